The van der Waals surface area contributed by atoms with Gasteiger partial charge in [0, 0.05) is 25.3 Å². The van der Waals surface area contributed by atoms with Gasteiger partial charge in [-0.05, 0) is 67.1 Å². The minimum atomic E-state index is -3.60. The molecular formula is C25H24FN3O5S. The number of amides is 2. The first kappa shape index (κ1) is 24.4. The van der Waals surface area contributed by atoms with Crippen molar-refractivity contribution < 1.29 is 27.1 Å². The van der Waals surface area contributed by atoms with Gasteiger partial charge in [-0.3, -0.25) is 9.59 Å². The van der Waals surface area contributed by atoms with E-state index in [1.165, 1.54) is 55.4 Å². The van der Waals surface area contributed by atoms with Gasteiger partial charge in [0.25, 0.3) is 11.8 Å². The fourth-order valence-corrected chi connectivity index (χ4v) is 4.51. The molecule has 1 aliphatic rings. The molecule has 1 heterocycles. The minimum Gasteiger partial charge on any atom is -0.479 e. The summed E-state index contributed by atoms with van der Waals surface area (Å²) in [5, 5.41) is 2.77. The van der Waals surface area contributed by atoms with Crippen molar-refractivity contribution in [1.82, 2.24) is 4.31 Å². The molecule has 3 aromatic carbocycles. The van der Waals surface area contributed by atoms with Crippen molar-refractivity contribution in [1.29, 1.82) is 0 Å². The number of hydrogen-bond donors (Lipinski definition) is 1. The van der Waals surface area contributed by atoms with Crippen LogP contribution in [-0.2, 0) is 21.4 Å². The summed E-state index contributed by atoms with van der Waals surface area (Å²) in [7, 11) is -0.741. The van der Waals surface area contributed by atoms with Gasteiger partial charge in [0.1, 0.15) is 11.6 Å². The smallest absolute Gasteiger partial charge is 0.268 e. The van der Waals surface area contributed by atoms with Crippen LogP contribution in [0.2, 0.25) is 0 Å². The Bertz CT molecular complexity index is 1370. The predicted molar refractivity (Wildman–Crippen MR) is 129 cm³/mol. The third-order valence-electron chi connectivity index (χ3n) is 5.57. The van der Waals surface area contributed by atoms with Crippen molar-refractivity contribution in [3.05, 3.63) is 83.7 Å². The van der Waals surface area contributed by atoms with Gasteiger partial charge in [0.05, 0.1) is 17.1 Å². The van der Waals surface area contributed by atoms with Crippen LogP contribution in [0.1, 0.15) is 22.8 Å². The molecule has 0 bridgehead atoms. The van der Waals surface area contributed by atoms with Gasteiger partial charge < -0.3 is 15.0 Å². The zero-order chi connectivity index (χ0) is 25.3. The molecule has 35 heavy (non-hydrogen) atoms. The molecule has 0 saturated carbocycles. The number of benzene rings is 3. The van der Waals surface area contributed by atoms with Crippen LogP contribution in [0.3, 0.4) is 0 Å². The number of ether oxygens (including phenoxy) is 1. The van der Waals surface area contributed by atoms with Gasteiger partial charge in [-0.15, -0.1) is 0 Å². The Morgan fingerprint density at radius 1 is 1.06 bits per heavy atom. The molecule has 0 spiro atoms. The molecule has 10 heteroatoms. The number of sulfonamides is 1. The van der Waals surface area contributed by atoms with Crippen molar-refractivity contribution in [3.8, 4) is 5.75 Å². The molecule has 182 valence electrons. The van der Waals surface area contributed by atoms with Crippen LogP contribution < -0.4 is 15.0 Å². The number of carbonyl (C=O) groups is 2. The van der Waals surface area contributed by atoms with Crippen LogP contribution in [0.25, 0.3) is 0 Å². The second-order valence-corrected chi connectivity index (χ2v) is 10.4. The van der Waals surface area contributed by atoms with Crippen LogP contribution in [0.15, 0.2) is 71.6 Å². The summed E-state index contributed by atoms with van der Waals surface area (Å²) < 4.78 is 44.6. The lowest BCUT2D eigenvalue weighted by molar-refractivity contribution is -0.125. The number of hydrogen-bond acceptors (Lipinski definition) is 5. The lowest BCUT2D eigenvalue weighted by atomic mass is 10.1. The lowest BCUT2D eigenvalue weighted by Crippen LogP contribution is -2.44. The molecule has 0 saturated heterocycles. The maximum absolute atomic E-state index is 13.3. The van der Waals surface area contributed by atoms with Crippen molar-refractivity contribution in [3.63, 3.8) is 0 Å². The molecule has 8 nitrogen and oxygen atoms in total. The van der Waals surface area contributed by atoms with Crippen molar-refractivity contribution in [2.45, 2.75) is 24.5 Å². The van der Waals surface area contributed by atoms with E-state index in [1.54, 1.807) is 37.3 Å². The van der Waals surface area contributed by atoms with Gasteiger partial charge in [-0.2, -0.15) is 0 Å². The Hall–Kier alpha value is -3.76. The van der Waals surface area contributed by atoms with Crippen molar-refractivity contribution in [2.75, 3.05) is 24.3 Å². The molecule has 3 aromatic rings. The predicted octanol–water partition coefficient (Wildman–Crippen LogP) is 3.64. The number of rotatable bonds is 6. The quantitative estimate of drug-likeness (QED) is 0.561. The molecular weight excluding hydrogens is 473 g/mol. The summed E-state index contributed by atoms with van der Waals surface area (Å²) in [6.45, 7) is 1.86. The van der Waals surface area contributed by atoms with Gasteiger partial charge in [0.15, 0.2) is 6.10 Å². The zero-order valence-electron chi connectivity index (χ0n) is 19.4. The van der Waals surface area contributed by atoms with E-state index >= 15 is 0 Å². The van der Waals surface area contributed by atoms with Crippen LogP contribution in [0.5, 0.6) is 5.75 Å². The minimum absolute atomic E-state index is 0.0778. The molecule has 4 rings (SSSR count). The summed E-state index contributed by atoms with van der Waals surface area (Å²) in [6, 6.07) is 16.4. The molecule has 0 fully saturated rings. The fourth-order valence-electron chi connectivity index (χ4n) is 3.61. The van der Waals surface area contributed by atoms with Crippen LogP contribution in [0.4, 0.5) is 15.8 Å². The van der Waals surface area contributed by atoms with E-state index in [4.69, 9.17) is 4.74 Å². The highest BCUT2D eigenvalue weighted by atomic mass is 32.2. The van der Waals surface area contributed by atoms with E-state index in [2.05, 4.69) is 5.32 Å². The molecule has 2 amide bonds. The Kier molecular flexibility index (Phi) is 6.60. The van der Waals surface area contributed by atoms with Crippen LogP contribution >= 0.6 is 0 Å². The Morgan fingerprint density at radius 2 is 1.71 bits per heavy atom. The SMILES string of the molecule is CC1Oc2ccc(NC(=O)c3ccc(S(=O)(=O)N(C)C)cc3)cc2N(Cc2ccc(F)cc2)C1=O. The van der Waals surface area contributed by atoms with E-state index < -0.39 is 22.0 Å². The molecule has 0 aromatic heterocycles. The molecule has 1 atom stereocenters. The number of fused-ring (bicyclic) bond motifs is 1. The molecule has 0 radical (unpaired) electrons. The highest BCUT2D eigenvalue weighted by Crippen LogP contribution is 2.37. The van der Waals surface area contributed by atoms with E-state index in [-0.39, 0.29) is 28.7 Å². The Labute approximate surface area is 203 Å². The fraction of sp³-hybridized carbons (Fsp3) is 0.200. The summed E-state index contributed by atoms with van der Waals surface area (Å²) in [6.07, 6.45) is -0.694. The van der Waals surface area contributed by atoms with Crippen LogP contribution in [-0.4, -0.2) is 44.7 Å². The zero-order valence-corrected chi connectivity index (χ0v) is 20.2. The highest BCUT2D eigenvalue weighted by Gasteiger charge is 2.32. The van der Waals surface area contributed by atoms with E-state index in [1.807, 2.05) is 0 Å². The second-order valence-electron chi connectivity index (χ2n) is 8.26. The largest absolute Gasteiger partial charge is 0.479 e. The maximum atomic E-state index is 13.3. The molecule has 1 N–H and O–H groups in total. The second kappa shape index (κ2) is 9.47. The Balaban J connectivity index is 1.57. The third-order valence-corrected chi connectivity index (χ3v) is 7.40. The van der Waals surface area contributed by atoms with Crippen LogP contribution in [0, 0.1) is 5.82 Å². The Morgan fingerprint density at radius 3 is 2.34 bits per heavy atom. The number of nitrogens with zero attached hydrogens (tertiary/aromatic N) is 2. The third kappa shape index (κ3) is 5.03. The lowest BCUT2D eigenvalue weighted by Gasteiger charge is -2.33. The molecule has 0 aliphatic carbocycles. The first-order valence-corrected chi connectivity index (χ1v) is 12.2. The number of anilines is 2. The van der Waals surface area contributed by atoms with Gasteiger partial charge in [0.2, 0.25) is 10.0 Å². The molecule has 1 unspecified atom stereocenters. The number of nitrogens with one attached hydrogen (secondary N) is 1. The first-order chi connectivity index (χ1) is 16.6. The standard InChI is InChI=1S/C25H24FN3O5S/c1-16-25(31)29(15-17-4-8-19(26)9-5-17)22-14-20(10-13-23(22)34-16)27-24(30)18-6-11-21(12-7-18)35(32,33)28(2)3/h4-14,16H,15H2,1-3H3,(H,27,30). The summed E-state index contributed by atoms with van der Waals surface area (Å²) >= 11 is 0. The normalized spacial score (nSPS) is 15.5. The van der Waals surface area contributed by atoms with Crippen molar-refractivity contribution in [2.24, 2.45) is 0 Å². The van der Waals surface area contributed by atoms with E-state index in [0.29, 0.717) is 17.1 Å². The maximum Gasteiger partial charge on any atom is 0.268 e. The summed E-state index contributed by atoms with van der Waals surface area (Å²) in [5.41, 5.74) is 1.91. The topological polar surface area (TPSA) is 96.0 Å². The number of halogens is 1. The monoisotopic (exact) mass is 497 g/mol. The van der Waals surface area contributed by atoms with E-state index in [9.17, 15) is 22.4 Å². The highest BCUT2D eigenvalue weighted by molar-refractivity contribution is 7.89. The van der Waals surface area contributed by atoms with Crippen molar-refractivity contribution >= 4 is 33.2 Å². The summed E-state index contributed by atoms with van der Waals surface area (Å²) in [5.74, 6) is -0.591. The molecule has 1 aliphatic heterocycles. The first-order valence-electron chi connectivity index (χ1n) is 10.8. The average molecular weight is 498 g/mol. The van der Waals surface area contributed by atoms with Gasteiger partial charge in [-0.1, -0.05) is 12.1 Å². The number of carbonyl (C=O) groups excluding carboxylic acids is 2. The van der Waals surface area contributed by atoms with E-state index in [0.717, 1.165) is 9.87 Å². The summed E-state index contributed by atoms with van der Waals surface area (Å²) in [4.78, 5) is 27.3. The average Bonchev–Trinajstić information content (AvgIpc) is 2.83. The van der Waals surface area contributed by atoms with Gasteiger partial charge >= 0.3 is 0 Å². The van der Waals surface area contributed by atoms with Gasteiger partial charge in [-0.25, -0.2) is 17.1 Å².